The lowest BCUT2D eigenvalue weighted by Gasteiger charge is -2.30. The van der Waals surface area contributed by atoms with Gasteiger partial charge in [-0.2, -0.15) is 0 Å². The highest BCUT2D eigenvalue weighted by molar-refractivity contribution is 5.35. The fraction of sp³-hybridized carbons (Fsp3) is 0.438. The number of β-amino-alcohol motifs (C(OH)–C–C–N with tert-alkyl or cyclic N) is 1. The van der Waals surface area contributed by atoms with Gasteiger partial charge >= 0.3 is 0 Å². The van der Waals surface area contributed by atoms with E-state index < -0.39 is 0 Å². The number of aryl methyl sites for hydroxylation is 1. The van der Waals surface area contributed by atoms with Crippen molar-refractivity contribution in [2.24, 2.45) is 0 Å². The summed E-state index contributed by atoms with van der Waals surface area (Å²) in [6, 6.07) is 10.3. The van der Waals surface area contributed by atoms with Gasteiger partial charge in [-0.25, -0.2) is 4.98 Å². The largest absolute Gasteiger partial charge is 0.392 e. The summed E-state index contributed by atoms with van der Waals surface area (Å²) in [5.41, 5.74) is 2.33. The third-order valence-electron chi connectivity index (χ3n) is 3.89. The maximum Gasteiger partial charge on any atom is 0.110 e. The molecule has 1 aliphatic heterocycles. The first kappa shape index (κ1) is 13.3. The first-order valence-electron chi connectivity index (χ1n) is 7.23. The molecule has 4 heteroatoms. The second kappa shape index (κ2) is 5.77. The molecular formula is C16H21N3O. The van der Waals surface area contributed by atoms with Gasteiger partial charge in [-0.1, -0.05) is 18.2 Å². The highest BCUT2D eigenvalue weighted by atomic mass is 16.3. The van der Waals surface area contributed by atoms with E-state index in [0.29, 0.717) is 0 Å². The molecule has 2 heterocycles. The molecule has 1 aliphatic rings. The van der Waals surface area contributed by atoms with Gasteiger partial charge < -0.3 is 5.11 Å². The summed E-state index contributed by atoms with van der Waals surface area (Å²) in [6.45, 7) is 4.68. The van der Waals surface area contributed by atoms with Crippen LogP contribution in [0.4, 0.5) is 0 Å². The Hall–Kier alpha value is -1.65. The molecule has 0 radical (unpaired) electrons. The lowest BCUT2D eigenvalue weighted by Crippen LogP contribution is -2.38. The van der Waals surface area contributed by atoms with E-state index in [2.05, 4.69) is 26.6 Å². The fourth-order valence-electron chi connectivity index (χ4n) is 2.94. The molecule has 4 nitrogen and oxygen atoms in total. The van der Waals surface area contributed by atoms with Crippen molar-refractivity contribution in [2.75, 3.05) is 13.1 Å². The van der Waals surface area contributed by atoms with Crippen molar-refractivity contribution in [3.63, 3.8) is 0 Å². The van der Waals surface area contributed by atoms with Crippen LogP contribution in [0.3, 0.4) is 0 Å². The van der Waals surface area contributed by atoms with Crippen LogP contribution in [0.15, 0.2) is 36.5 Å². The Bertz CT molecular complexity index is 564. The summed E-state index contributed by atoms with van der Waals surface area (Å²) in [7, 11) is 0. The van der Waals surface area contributed by atoms with Crippen molar-refractivity contribution in [1.82, 2.24) is 14.5 Å². The average molecular weight is 271 g/mol. The second-order valence-electron chi connectivity index (χ2n) is 5.50. The number of likely N-dealkylation sites (tertiary alicyclic amines) is 1. The van der Waals surface area contributed by atoms with Gasteiger partial charge in [0.05, 0.1) is 18.0 Å². The molecule has 1 saturated heterocycles. The van der Waals surface area contributed by atoms with E-state index in [1.165, 1.54) is 5.69 Å². The number of aliphatic hydroxyl groups excluding tert-OH is 1. The minimum atomic E-state index is -0.182. The van der Waals surface area contributed by atoms with Gasteiger partial charge in [-0.3, -0.25) is 9.47 Å². The van der Waals surface area contributed by atoms with E-state index in [1.807, 2.05) is 31.3 Å². The quantitative estimate of drug-likeness (QED) is 0.930. The lowest BCUT2D eigenvalue weighted by atomic mass is 10.1. The Morgan fingerprint density at radius 2 is 2.10 bits per heavy atom. The summed E-state index contributed by atoms with van der Waals surface area (Å²) in [4.78, 5) is 6.76. The van der Waals surface area contributed by atoms with E-state index in [-0.39, 0.29) is 6.10 Å². The molecule has 0 bridgehead atoms. The maximum absolute atomic E-state index is 9.79. The van der Waals surface area contributed by atoms with Crippen LogP contribution in [0.1, 0.15) is 24.4 Å². The topological polar surface area (TPSA) is 41.3 Å². The number of piperidine rings is 1. The van der Waals surface area contributed by atoms with Crippen LogP contribution in [0.2, 0.25) is 0 Å². The highest BCUT2D eigenvalue weighted by Crippen LogP contribution is 2.18. The van der Waals surface area contributed by atoms with Crippen LogP contribution in [0.5, 0.6) is 0 Å². The Morgan fingerprint density at radius 1 is 1.30 bits per heavy atom. The number of nitrogens with zero attached hydrogens (tertiary/aromatic N) is 3. The van der Waals surface area contributed by atoms with E-state index in [1.54, 1.807) is 0 Å². The molecule has 2 aromatic rings. The summed E-state index contributed by atoms with van der Waals surface area (Å²) in [5, 5.41) is 9.79. The maximum atomic E-state index is 9.79. The summed E-state index contributed by atoms with van der Waals surface area (Å²) in [5.74, 6) is 1.00. The molecule has 1 aromatic heterocycles. The van der Waals surface area contributed by atoms with E-state index in [4.69, 9.17) is 0 Å². The van der Waals surface area contributed by atoms with Gasteiger partial charge in [-0.15, -0.1) is 0 Å². The Balaban J connectivity index is 1.84. The van der Waals surface area contributed by atoms with E-state index in [9.17, 15) is 5.11 Å². The number of aromatic nitrogens is 2. The molecule has 0 amide bonds. The molecule has 106 valence electrons. The van der Waals surface area contributed by atoms with Gasteiger partial charge in [0.25, 0.3) is 0 Å². The smallest absolute Gasteiger partial charge is 0.110 e. The minimum Gasteiger partial charge on any atom is -0.392 e. The van der Waals surface area contributed by atoms with Crippen LogP contribution in [-0.4, -0.2) is 38.8 Å². The van der Waals surface area contributed by atoms with Gasteiger partial charge in [0, 0.05) is 18.8 Å². The number of imidazole rings is 1. The van der Waals surface area contributed by atoms with Crippen LogP contribution in [0, 0.1) is 6.92 Å². The summed E-state index contributed by atoms with van der Waals surface area (Å²) < 4.78 is 2.20. The van der Waals surface area contributed by atoms with Crippen LogP contribution in [0.25, 0.3) is 5.69 Å². The van der Waals surface area contributed by atoms with Gasteiger partial charge in [-0.05, 0) is 38.4 Å². The molecule has 20 heavy (non-hydrogen) atoms. The summed E-state index contributed by atoms with van der Waals surface area (Å²) in [6.07, 6.45) is 3.76. The predicted octanol–water partition coefficient (Wildman–Crippen LogP) is 2.14. The molecule has 0 aliphatic carbocycles. The normalized spacial score (nSPS) is 20.2. The lowest BCUT2D eigenvalue weighted by molar-refractivity contribution is 0.0659. The van der Waals surface area contributed by atoms with Crippen LogP contribution < -0.4 is 0 Å². The monoisotopic (exact) mass is 271 g/mol. The predicted molar refractivity (Wildman–Crippen MR) is 78.8 cm³/mol. The summed E-state index contributed by atoms with van der Waals surface area (Å²) >= 11 is 0. The zero-order chi connectivity index (χ0) is 13.9. The van der Waals surface area contributed by atoms with Crippen LogP contribution >= 0.6 is 0 Å². The van der Waals surface area contributed by atoms with Crippen molar-refractivity contribution in [1.29, 1.82) is 0 Å². The van der Waals surface area contributed by atoms with Crippen molar-refractivity contribution in [3.8, 4) is 5.69 Å². The highest BCUT2D eigenvalue weighted by Gasteiger charge is 2.19. The van der Waals surface area contributed by atoms with Crippen LogP contribution in [-0.2, 0) is 6.54 Å². The first-order valence-corrected chi connectivity index (χ1v) is 7.23. The standard InChI is InChI=1S/C16H21N3O/c1-13-17-10-15(11-18-9-5-8-16(20)12-18)19(13)14-6-3-2-4-7-14/h2-4,6-7,10,16,20H,5,8-9,11-12H2,1H3. The van der Waals surface area contributed by atoms with Gasteiger partial charge in [0.1, 0.15) is 5.82 Å². The molecule has 0 spiro atoms. The first-order chi connectivity index (χ1) is 9.74. The SMILES string of the molecule is Cc1ncc(CN2CCCC(O)C2)n1-c1ccccc1. The molecule has 1 atom stereocenters. The van der Waals surface area contributed by atoms with Gasteiger partial charge in [0.15, 0.2) is 0 Å². The third kappa shape index (κ3) is 2.76. The molecule has 1 unspecified atom stereocenters. The zero-order valence-electron chi connectivity index (χ0n) is 11.9. The van der Waals surface area contributed by atoms with Crippen molar-refractivity contribution < 1.29 is 5.11 Å². The number of aliphatic hydroxyl groups is 1. The molecule has 1 aromatic carbocycles. The Labute approximate surface area is 119 Å². The average Bonchev–Trinajstić information content (AvgIpc) is 2.81. The minimum absolute atomic E-state index is 0.182. The molecule has 1 N–H and O–H groups in total. The molecule has 1 fully saturated rings. The molecule has 3 rings (SSSR count). The second-order valence-corrected chi connectivity index (χ2v) is 5.50. The van der Waals surface area contributed by atoms with E-state index in [0.717, 1.165) is 44.0 Å². The number of benzene rings is 1. The number of hydrogen-bond acceptors (Lipinski definition) is 3. The number of rotatable bonds is 3. The van der Waals surface area contributed by atoms with Crippen molar-refractivity contribution >= 4 is 0 Å². The fourth-order valence-corrected chi connectivity index (χ4v) is 2.94. The zero-order valence-corrected chi connectivity index (χ0v) is 11.9. The Morgan fingerprint density at radius 3 is 2.85 bits per heavy atom. The molecular weight excluding hydrogens is 250 g/mol. The van der Waals surface area contributed by atoms with E-state index >= 15 is 0 Å². The Kier molecular flexibility index (Phi) is 3.85. The van der Waals surface area contributed by atoms with Crippen molar-refractivity contribution in [3.05, 3.63) is 48.0 Å². The third-order valence-corrected chi connectivity index (χ3v) is 3.89. The molecule has 0 saturated carbocycles. The van der Waals surface area contributed by atoms with Crippen molar-refractivity contribution in [2.45, 2.75) is 32.4 Å². The van der Waals surface area contributed by atoms with Gasteiger partial charge in [0.2, 0.25) is 0 Å². The number of para-hydroxylation sites is 1. The number of hydrogen-bond donors (Lipinski definition) is 1.